The lowest BCUT2D eigenvalue weighted by molar-refractivity contribution is 0.0892. The molecular formula is C15H22N4O3. The van der Waals surface area contributed by atoms with Crippen LogP contribution in [-0.4, -0.2) is 59.0 Å². The molecule has 7 nitrogen and oxygen atoms in total. The molecule has 2 atom stereocenters. The number of hydrogen-bond acceptors (Lipinski definition) is 5. The Morgan fingerprint density at radius 1 is 1.27 bits per heavy atom. The van der Waals surface area contributed by atoms with Crippen LogP contribution in [0.3, 0.4) is 0 Å². The Bertz CT molecular complexity index is 595. The largest absolute Gasteiger partial charge is 0.378 e. The number of amides is 1. The van der Waals surface area contributed by atoms with Crippen LogP contribution in [0.25, 0.3) is 0 Å². The van der Waals surface area contributed by atoms with Crippen LogP contribution in [0.1, 0.15) is 29.8 Å². The van der Waals surface area contributed by atoms with Gasteiger partial charge in [-0.25, -0.2) is 4.68 Å². The van der Waals surface area contributed by atoms with E-state index in [1.807, 2.05) is 0 Å². The van der Waals surface area contributed by atoms with E-state index in [1.54, 1.807) is 0 Å². The average Bonchev–Trinajstić information content (AvgIpc) is 2.99. The standard InChI is InChI=1S/C15H22N4O3/c1-18-14(20)6-5-11(17-18)15(21)16-12-9-22-10-13(12)19-7-3-2-4-8-19/h5-6,12-13H,2-4,7-10H2,1H3,(H,16,21)/t12-,13-/m0/s1. The molecule has 0 radical (unpaired) electrons. The molecule has 3 rings (SSSR count). The maximum atomic E-state index is 12.3. The number of aromatic nitrogens is 2. The predicted molar refractivity (Wildman–Crippen MR) is 80.8 cm³/mol. The number of carbonyl (C=O) groups is 1. The first kappa shape index (κ1) is 15.2. The van der Waals surface area contributed by atoms with Crippen molar-refractivity contribution in [1.29, 1.82) is 0 Å². The van der Waals surface area contributed by atoms with E-state index in [0.29, 0.717) is 13.2 Å². The summed E-state index contributed by atoms with van der Waals surface area (Å²) in [6, 6.07) is 3.03. The van der Waals surface area contributed by atoms with Gasteiger partial charge in [-0.05, 0) is 32.0 Å². The summed E-state index contributed by atoms with van der Waals surface area (Å²) in [5.41, 5.74) is 0.0262. The fourth-order valence-electron chi connectivity index (χ4n) is 3.16. The molecule has 3 heterocycles. The lowest BCUT2D eigenvalue weighted by Gasteiger charge is -2.34. The van der Waals surface area contributed by atoms with Gasteiger partial charge in [0.2, 0.25) is 0 Å². The number of rotatable bonds is 3. The quantitative estimate of drug-likeness (QED) is 0.834. The molecule has 0 saturated carbocycles. The van der Waals surface area contributed by atoms with Crippen molar-refractivity contribution in [2.75, 3.05) is 26.3 Å². The molecule has 2 aliphatic rings. The molecule has 0 aliphatic carbocycles. The summed E-state index contributed by atoms with van der Waals surface area (Å²) in [5.74, 6) is -0.256. The summed E-state index contributed by atoms with van der Waals surface area (Å²) in [4.78, 5) is 26.1. The molecule has 0 unspecified atom stereocenters. The summed E-state index contributed by atoms with van der Waals surface area (Å²) in [6.07, 6.45) is 3.70. The third-order valence-corrected chi connectivity index (χ3v) is 4.42. The molecule has 2 saturated heterocycles. The van der Waals surface area contributed by atoms with Gasteiger partial charge in [-0.15, -0.1) is 0 Å². The Kier molecular flexibility index (Phi) is 4.54. The molecule has 1 aromatic heterocycles. The molecule has 0 bridgehead atoms. The second-order valence-electron chi connectivity index (χ2n) is 5.96. The minimum Gasteiger partial charge on any atom is -0.378 e. The highest BCUT2D eigenvalue weighted by Crippen LogP contribution is 2.19. The number of likely N-dealkylation sites (tertiary alicyclic amines) is 1. The van der Waals surface area contributed by atoms with E-state index in [0.717, 1.165) is 13.1 Å². The maximum Gasteiger partial charge on any atom is 0.272 e. The third kappa shape index (κ3) is 3.20. The van der Waals surface area contributed by atoms with Crippen molar-refractivity contribution < 1.29 is 9.53 Å². The van der Waals surface area contributed by atoms with Crippen LogP contribution in [0.2, 0.25) is 0 Å². The van der Waals surface area contributed by atoms with E-state index in [2.05, 4.69) is 15.3 Å². The predicted octanol–water partition coefficient (Wildman–Crippen LogP) is -0.237. The van der Waals surface area contributed by atoms with Crippen molar-refractivity contribution in [2.24, 2.45) is 7.05 Å². The normalized spacial score (nSPS) is 26.0. The first-order valence-electron chi connectivity index (χ1n) is 7.82. The van der Waals surface area contributed by atoms with Gasteiger partial charge in [0.05, 0.1) is 25.3 Å². The molecule has 1 N–H and O–H groups in total. The number of aryl methyl sites for hydroxylation is 1. The SMILES string of the molecule is Cn1nc(C(=O)N[C@H]2COC[C@@H]2N2CCCCC2)ccc1=O. The number of piperidine rings is 1. The van der Waals surface area contributed by atoms with Crippen molar-refractivity contribution >= 4 is 5.91 Å². The van der Waals surface area contributed by atoms with Crippen molar-refractivity contribution in [3.05, 3.63) is 28.2 Å². The van der Waals surface area contributed by atoms with Gasteiger partial charge >= 0.3 is 0 Å². The van der Waals surface area contributed by atoms with Crippen LogP contribution in [0.5, 0.6) is 0 Å². The van der Waals surface area contributed by atoms with Crippen molar-refractivity contribution in [2.45, 2.75) is 31.3 Å². The zero-order valence-corrected chi connectivity index (χ0v) is 12.8. The topological polar surface area (TPSA) is 76.5 Å². The van der Waals surface area contributed by atoms with Gasteiger partial charge in [-0.2, -0.15) is 5.10 Å². The first-order valence-corrected chi connectivity index (χ1v) is 7.82. The van der Waals surface area contributed by atoms with Crippen LogP contribution in [-0.2, 0) is 11.8 Å². The number of carbonyl (C=O) groups excluding carboxylic acids is 1. The summed E-state index contributed by atoms with van der Waals surface area (Å²) in [5, 5.41) is 7.00. The van der Waals surface area contributed by atoms with E-state index in [1.165, 1.54) is 43.1 Å². The highest BCUT2D eigenvalue weighted by Gasteiger charge is 2.34. The number of nitrogens with zero attached hydrogens (tertiary/aromatic N) is 3. The first-order chi connectivity index (χ1) is 10.6. The summed E-state index contributed by atoms with van der Waals surface area (Å²) >= 11 is 0. The van der Waals surface area contributed by atoms with E-state index >= 15 is 0 Å². The van der Waals surface area contributed by atoms with Crippen LogP contribution in [0.15, 0.2) is 16.9 Å². The van der Waals surface area contributed by atoms with Crippen molar-refractivity contribution in [3.63, 3.8) is 0 Å². The van der Waals surface area contributed by atoms with Crippen LogP contribution >= 0.6 is 0 Å². The Hall–Kier alpha value is -1.73. The molecular weight excluding hydrogens is 284 g/mol. The van der Waals surface area contributed by atoms with E-state index < -0.39 is 0 Å². The molecule has 7 heteroatoms. The molecule has 1 aromatic rings. The van der Waals surface area contributed by atoms with E-state index in [4.69, 9.17) is 4.74 Å². The van der Waals surface area contributed by atoms with Gasteiger partial charge in [0.1, 0.15) is 5.69 Å². The van der Waals surface area contributed by atoms with Crippen LogP contribution in [0.4, 0.5) is 0 Å². The van der Waals surface area contributed by atoms with Crippen LogP contribution < -0.4 is 10.9 Å². The molecule has 22 heavy (non-hydrogen) atoms. The number of nitrogens with one attached hydrogen (secondary N) is 1. The highest BCUT2D eigenvalue weighted by atomic mass is 16.5. The monoisotopic (exact) mass is 306 g/mol. The summed E-state index contributed by atoms with van der Waals surface area (Å²) < 4.78 is 6.74. The van der Waals surface area contributed by atoms with E-state index in [-0.39, 0.29) is 29.2 Å². The third-order valence-electron chi connectivity index (χ3n) is 4.42. The smallest absolute Gasteiger partial charge is 0.272 e. The molecule has 2 fully saturated rings. The van der Waals surface area contributed by atoms with E-state index in [9.17, 15) is 9.59 Å². The summed E-state index contributed by atoms with van der Waals surface area (Å²) in [7, 11) is 1.54. The van der Waals surface area contributed by atoms with Gasteiger partial charge in [0.15, 0.2) is 0 Å². The van der Waals surface area contributed by atoms with Crippen molar-refractivity contribution in [3.8, 4) is 0 Å². The lowest BCUT2D eigenvalue weighted by atomic mass is 10.0. The maximum absolute atomic E-state index is 12.3. The molecule has 1 amide bonds. The zero-order valence-electron chi connectivity index (χ0n) is 12.8. The summed E-state index contributed by atoms with van der Waals surface area (Å²) in [6.45, 7) is 3.32. The zero-order chi connectivity index (χ0) is 15.5. The van der Waals surface area contributed by atoms with Gasteiger partial charge in [0.25, 0.3) is 11.5 Å². The van der Waals surface area contributed by atoms with Gasteiger partial charge in [0, 0.05) is 13.1 Å². The number of hydrogen-bond donors (Lipinski definition) is 1. The van der Waals surface area contributed by atoms with Crippen molar-refractivity contribution in [1.82, 2.24) is 20.0 Å². The Morgan fingerprint density at radius 3 is 2.77 bits per heavy atom. The fraction of sp³-hybridized carbons (Fsp3) is 0.667. The second-order valence-corrected chi connectivity index (χ2v) is 5.96. The Balaban J connectivity index is 1.66. The van der Waals surface area contributed by atoms with Gasteiger partial charge in [-0.3, -0.25) is 14.5 Å². The Morgan fingerprint density at radius 2 is 2.05 bits per heavy atom. The molecule has 0 aromatic carbocycles. The minimum atomic E-state index is -0.256. The average molecular weight is 306 g/mol. The van der Waals surface area contributed by atoms with Gasteiger partial charge in [-0.1, -0.05) is 6.42 Å². The molecule has 2 aliphatic heterocycles. The number of ether oxygens (including phenoxy) is 1. The molecule has 0 spiro atoms. The fourth-order valence-corrected chi connectivity index (χ4v) is 3.16. The molecule has 120 valence electrons. The van der Waals surface area contributed by atoms with Crippen LogP contribution in [0, 0.1) is 0 Å². The van der Waals surface area contributed by atoms with Gasteiger partial charge < -0.3 is 10.1 Å². The lowest BCUT2D eigenvalue weighted by Crippen LogP contribution is -2.52. The second kappa shape index (κ2) is 6.58. The highest BCUT2D eigenvalue weighted by molar-refractivity contribution is 5.92. The Labute approximate surface area is 129 Å². The minimum absolute atomic E-state index is 0.0235.